The van der Waals surface area contributed by atoms with Crippen molar-refractivity contribution >= 4 is 21.9 Å². The van der Waals surface area contributed by atoms with Crippen LogP contribution in [0.3, 0.4) is 0 Å². The van der Waals surface area contributed by atoms with Crippen LogP contribution in [-0.2, 0) is 6.54 Å². The predicted molar refractivity (Wildman–Crippen MR) is 72.1 cm³/mol. The summed E-state index contributed by atoms with van der Waals surface area (Å²) in [6, 6.07) is 7.26. The Morgan fingerprint density at radius 3 is 2.89 bits per heavy atom. The molecule has 0 bridgehead atoms. The first kappa shape index (κ1) is 11.6. The van der Waals surface area contributed by atoms with Crippen LogP contribution >= 0.6 is 0 Å². The molecule has 0 amide bonds. The van der Waals surface area contributed by atoms with Crippen LogP contribution < -0.4 is 16.0 Å². The first-order valence-corrected chi connectivity index (χ1v) is 5.79. The topological polar surface area (TPSA) is 93.9 Å². The van der Waals surface area contributed by atoms with Gasteiger partial charge < -0.3 is 15.5 Å². The Bertz CT molecular complexity index is 826. The molecule has 3 N–H and O–H groups in total. The molecular weight excluding hydrogens is 244 g/mol. The lowest BCUT2D eigenvalue weighted by molar-refractivity contribution is 0.415. The lowest BCUT2D eigenvalue weighted by Gasteiger charge is -2.04. The number of H-pyrrole nitrogens is 1. The van der Waals surface area contributed by atoms with E-state index in [1.165, 1.54) is 0 Å². The van der Waals surface area contributed by atoms with E-state index < -0.39 is 0 Å². The first-order valence-electron chi connectivity index (χ1n) is 5.79. The highest BCUT2D eigenvalue weighted by atomic mass is 16.5. The fourth-order valence-electron chi connectivity index (χ4n) is 1.97. The van der Waals surface area contributed by atoms with Crippen molar-refractivity contribution in [3.8, 4) is 5.75 Å². The molecule has 3 aromatic rings. The second-order valence-electron chi connectivity index (χ2n) is 4.13. The molecular formula is C13H12N4O2. The van der Waals surface area contributed by atoms with E-state index in [2.05, 4.69) is 15.0 Å². The van der Waals surface area contributed by atoms with Gasteiger partial charge in [0.05, 0.1) is 24.6 Å². The van der Waals surface area contributed by atoms with E-state index in [0.717, 1.165) is 10.9 Å². The molecule has 96 valence electrons. The highest BCUT2D eigenvalue weighted by Crippen LogP contribution is 2.21. The first-order chi connectivity index (χ1) is 9.21. The highest BCUT2D eigenvalue weighted by molar-refractivity contribution is 5.91. The lowest BCUT2D eigenvalue weighted by atomic mass is 10.2. The second-order valence-corrected chi connectivity index (χ2v) is 4.13. The number of hydrogen-bond donors (Lipinski definition) is 2. The van der Waals surface area contributed by atoms with E-state index in [1.807, 2.05) is 12.1 Å². The third-order valence-corrected chi connectivity index (χ3v) is 2.94. The van der Waals surface area contributed by atoms with Crippen molar-refractivity contribution in [2.75, 3.05) is 7.11 Å². The molecule has 0 saturated carbocycles. The average Bonchev–Trinajstić information content (AvgIpc) is 2.44. The zero-order valence-corrected chi connectivity index (χ0v) is 10.3. The number of benzene rings is 1. The molecule has 0 saturated heterocycles. The van der Waals surface area contributed by atoms with Crippen molar-refractivity contribution in [1.82, 2.24) is 15.0 Å². The van der Waals surface area contributed by atoms with E-state index in [-0.39, 0.29) is 12.1 Å². The number of fused-ring (bicyclic) bond motifs is 2. The number of rotatable bonds is 2. The van der Waals surface area contributed by atoms with E-state index in [9.17, 15) is 4.79 Å². The number of methoxy groups -OCH3 is 1. The van der Waals surface area contributed by atoms with Gasteiger partial charge >= 0.3 is 0 Å². The third-order valence-electron chi connectivity index (χ3n) is 2.94. The minimum Gasteiger partial charge on any atom is -0.497 e. The number of aromatic nitrogens is 3. The summed E-state index contributed by atoms with van der Waals surface area (Å²) < 4.78 is 5.15. The minimum atomic E-state index is -0.226. The average molecular weight is 256 g/mol. The summed E-state index contributed by atoms with van der Waals surface area (Å²) in [7, 11) is 1.59. The maximum atomic E-state index is 11.9. The second kappa shape index (κ2) is 4.33. The van der Waals surface area contributed by atoms with Gasteiger partial charge in [-0.25, -0.2) is 9.97 Å². The van der Waals surface area contributed by atoms with Gasteiger partial charge in [-0.2, -0.15) is 0 Å². The largest absolute Gasteiger partial charge is 0.497 e. The molecule has 0 atom stereocenters. The summed E-state index contributed by atoms with van der Waals surface area (Å²) in [5.74, 6) is 1.13. The van der Waals surface area contributed by atoms with E-state index in [1.54, 1.807) is 19.2 Å². The molecule has 0 aliphatic rings. The monoisotopic (exact) mass is 256 g/mol. The number of pyridine rings is 1. The molecule has 19 heavy (non-hydrogen) atoms. The molecule has 1 aromatic carbocycles. The fourth-order valence-corrected chi connectivity index (χ4v) is 1.97. The van der Waals surface area contributed by atoms with Crippen LogP contribution in [0.25, 0.3) is 21.9 Å². The van der Waals surface area contributed by atoms with Crippen LogP contribution in [-0.4, -0.2) is 22.1 Å². The van der Waals surface area contributed by atoms with Crippen molar-refractivity contribution < 1.29 is 4.74 Å². The van der Waals surface area contributed by atoms with Gasteiger partial charge in [-0.3, -0.25) is 4.79 Å². The Morgan fingerprint density at radius 1 is 1.32 bits per heavy atom. The van der Waals surface area contributed by atoms with Gasteiger partial charge in [0.1, 0.15) is 11.6 Å². The number of nitrogens with one attached hydrogen (secondary N) is 1. The van der Waals surface area contributed by atoms with Gasteiger partial charge in [0, 0.05) is 11.5 Å². The van der Waals surface area contributed by atoms with Crippen LogP contribution in [0.4, 0.5) is 0 Å². The number of ether oxygens (including phenoxy) is 1. The standard InChI is InChI=1S/C13H12N4O2/c1-19-8-3-2-7-4-9-12(15-10(7)5-8)16-11(6-14)17-13(9)18/h2-5H,6,14H2,1H3,(H,15,16,17,18). The molecule has 3 rings (SSSR count). The Balaban J connectivity index is 2.38. The summed E-state index contributed by atoms with van der Waals surface area (Å²) in [5.41, 5.74) is 6.38. The normalized spacial score (nSPS) is 11.1. The molecule has 0 spiro atoms. The maximum absolute atomic E-state index is 11.9. The Kier molecular flexibility index (Phi) is 2.64. The van der Waals surface area contributed by atoms with E-state index in [0.29, 0.717) is 22.6 Å². The summed E-state index contributed by atoms with van der Waals surface area (Å²) >= 11 is 0. The molecule has 2 heterocycles. The highest BCUT2D eigenvalue weighted by Gasteiger charge is 2.07. The Labute approximate surface area is 108 Å². The Hall–Kier alpha value is -2.47. The Morgan fingerprint density at radius 2 is 2.16 bits per heavy atom. The summed E-state index contributed by atoms with van der Waals surface area (Å²) in [4.78, 5) is 23.2. The van der Waals surface area contributed by atoms with E-state index >= 15 is 0 Å². The van der Waals surface area contributed by atoms with Gasteiger partial charge in [-0.15, -0.1) is 0 Å². The van der Waals surface area contributed by atoms with Gasteiger partial charge in [0.15, 0.2) is 5.65 Å². The van der Waals surface area contributed by atoms with Crippen molar-refractivity contribution in [2.45, 2.75) is 6.54 Å². The van der Waals surface area contributed by atoms with Crippen LogP contribution in [0.2, 0.25) is 0 Å². The third kappa shape index (κ3) is 1.92. The van der Waals surface area contributed by atoms with Gasteiger partial charge in [0.25, 0.3) is 5.56 Å². The summed E-state index contributed by atoms with van der Waals surface area (Å²) in [6.07, 6.45) is 0. The predicted octanol–water partition coefficient (Wildman–Crippen LogP) is 0.939. The fraction of sp³-hybridized carbons (Fsp3) is 0.154. The zero-order valence-electron chi connectivity index (χ0n) is 10.3. The number of hydrogen-bond acceptors (Lipinski definition) is 5. The van der Waals surface area contributed by atoms with Crippen molar-refractivity contribution in [2.24, 2.45) is 5.73 Å². The van der Waals surface area contributed by atoms with Crippen molar-refractivity contribution in [3.05, 3.63) is 40.4 Å². The maximum Gasteiger partial charge on any atom is 0.260 e. The van der Waals surface area contributed by atoms with Crippen molar-refractivity contribution in [3.63, 3.8) is 0 Å². The molecule has 0 unspecified atom stereocenters. The van der Waals surface area contributed by atoms with Crippen LogP contribution in [0.5, 0.6) is 5.75 Å². The summed E-state index contributed by atoms with van der Waals surface area (Å²) in [6.45, 7) is 0.170. The number of aromatic amines is 1. The van der Waals surface area contributed by atoms with Gasteiger partial charge in [-0.05, 0) is 18.2 Å². The number of nitrogens with two attached hydrogens (primary N) is 1. The van der Waals surface area contributed by atoms with Gasteiger partial charge in [-0.1, -0.05) is 0 Å². The molecule has 0 radical (unpaired) electrons. The SMILES string of the molecule is COc1ccc2cc3c(=O)[nH]c(CN)nc3nc2c1. The molecule has 0 fully saturated rings. The molecule has 2 aromatic heterocycles. The molecule has 0 aliphatic heterocycles. The van der Waals surface area contributed by atoms with Crippen LogP contribution in [0.1, 0.15) is 5.82 Å². The zero-order chi connectivity index (χ0) is 13.4. The van der Waals surface area contributed by atoms with Crippen LogP contribution in [0, 0.1) is 0 Å². The van der Waals surface area contributed by atoms with E-state index in [4.69, 9.17) is 10.5 Å². The smallest absolute Gasteiger partial charge is 0.260 e. The van der Waals surface area contributed by atoms with Crippen molar-refractivity contribution in [1.29, 1.82) is 0 Å². The molecule has 6 nitrogen and oxygen atoms in total. The molecule has 6 heteroatoms. The van der Waals surface area contributed by atoms with Crippen LogP contribution in [0.15, 0.2) is 29.1 Å². The lowest BCUT2D eigenvalue weighted by Crippen LogP contribution is -2.15. The quantitative estimate of drug-likeness (QED) is 0.665. The number of nitrogens with zero attached hydrogens (tertiary/aromatic N) is 2. The minimum absolute atomic E-state index is 0.170. The summed E-state index contributed by atoms with van der Waals surface area (Å²) in [5, 5.41) is 1.32. The van der Waals surface area contributed by atoms with Gasteiger partial charge in [0.2, 0.25) is 0 Å². The molecule has 0 aliphatic carbocycles.